The van der Waals surface area contributed by atoms with Crippen molar-refractivity contribution in [3.8, 4) is 12.3 Å². The molecule has 1 aromatic rings. The number of nitrogens with zero attached hydrogens (tertiary/aromatic N) is 1. The molecule has 17 heavy (non-hydrogen) atoms. The zero-order valence-electron chi connectivity index (χ0n) is 9.49. The van der Waals surface area contributed by atoms with Gasteiger partial charge in [-0.25, -0.2) is 9.78 Å². The van der Waals surface area contributed by atoms with E-state index in [2.05, 4.69) is 16.2 Å². The van der Waals surface area contributed by atoms with E-state index in [1.807, 2.05) is 0 Å². The number of fused-ring (bicyclic) bond motifs is 1. The molecular formula is C13H14N2O2. The van der Waals surface area contributed by atoms with E-state index in [1.54, 1.807) is 6.07 Å². The highest BCUT2D eigenvalue weighted by Gasteiger charge is 2.18. The highest BCUT2D eigenvalue weighted by Crippen LogP contribution is 2.24. The van der Waals surface area contributed by atoms with Crippen LogP contribution in [0.3, 0.4) is 0 Å². The Balaban J connectivity index is 2.41. The predicted molar refractivity (Wildman–Crippen MR) is 65.2 cm³/mol. The molecule has 0 unspecified atom stereocenters. The number of carboxylic acids is 1. The van der Waals surface area contributed by atoms with Crippen molar-refractivity contribution in [1.82, 2.24) is 4.98 Å². The first-order chi connectivity index (χ1) is 8.22. The molecule has 1 aliphatic rings. The SMILES string of the molecule is C#CCNc1nc2c(cc1C(=O)O)CCCC2. The van der Waals surface area contributed by atoms with Crippen molar-refractivity contribution in [2.75, 3.05) is 11.9 Å². The lowest BCUT2D eigenvalue weighted by Crippen LogP contribution is -2.14. The Morgan fingerprint density at radius 3 is 3.00 bits per heavy atom. The van der Waals surface area contributed by atoms with Crippen molar-refractivity contribution in [3.05, 3.63) is 22.9 Å². The standard InChI is InChI=1S/C13H14N2O2/c1-2-7-14-12-10(13(16)17)8-9-5-3-4-6-11(9)15-12/h1,8H,3-7H2,(H,14,15)(H,16,17). The van der Waals surface area contributed by atoms with Gasteiger partial charge in [0, 0.05) is 5.69 Å². The summed E-state index contributed by atoms with van der Waals surface area (Å²) < 4.78 is 0. The molecule has 0 amide bonds. The maximum atomic E-state index is 11.1. The summed E-state index contributed by atoms with van der Waals surface area (Å²) in [5, 5.41) is 12.0. The van der Waals surface area contributed by atoms with E-state index in [1.165, 1.54) is 0 Å². The Morgan fingerprint density at radius 2 is 2.29 bits per heavy atom. The van der Waals surface area contributed by atoms with Gasteiger partial charge in [0.05, 0.1) is 6.54 Å². The Labute approximate surface area is 100 Å². The van der Waals surface area contributed by atoms with Gasteiger partial charge in [0.15, 0.2) is 0 Å². The molecular weight excluding hydrogens is 216 g/mol. The van der Waals surface area contributed by atoms with Crippen molar-refractivity contribution < 1.29 is 9.90 Å². The second-order valence-corrected chi connectivity index (χ2v) is 4.06. The van der Waals surface area contributed by atoms with Crippen LogP contribution >= 0.6 is 0 Å². The van der Waals surface area contributed by atoms with E-state index in [0.717, 1.165) is 36.9 Å². The molecule has 0 saturated heterocycles. The minimum atomic E-state index is -0.967. The van der Waals surface area contributed by atoms with Crippen LogP contribution in [0.5, 0.6) is 0 Å². The molecule has 0 spiro atoms. The number of pyridine rings is 1. The molecule has 0 saturated carbocycles. The average molecular weight is 230 g/mol. The molecule has 1 aromatic heterocycles. The number of hydrogen-bond donors (Lipinski definition) is 2. The van der Waals surface area contributed by atoms with Crippen molar-refractivity contribution in [3.63, 3.8) is 0 Å². The molecule has 0 bridgehead atoms. The molecule has 0 aromatic carbocycles. The summed E-state index contributed by atoms with van der Waals surface area (Å²) in [6, 6.07) is 1.72. The van der Waals surface area contributed by atoms with Crippen LogP contribution in [0.15, 0.2) is 6.07 Å². The number of terminal acetylenes is 1. The van der Waals surface area contributed by atoms with E-state index in [4.69, 9.17) is 11.5 Å². The highest BCUT2D eigenvalue weighted by atomic mass is 16.4. The smallest absolute Gasteiger partial charge is 0.339 e. The zero-order valence-corrected chi connectivity index (χ0v) is 9.49. The molecule has 88 valence electrons. The second-order valence-electron chi connectivity index (χ2n) is 4.06. The maximum Gasteiger partial charge on any atom is 0.339 e. The number of rotatable bonds is 3. The quantitative estimate of drug-likeness (QED) is 0.776. The number of nitrogens with one attached hydrogen (secondary N) is 1. The van der Waals surface area contributed by atoms with E-state index < -0.39 is 5.97 Å². The number of aryl methyl sites for hydroxylation is 2. The molecule has 2 rings (SSSR count). The largest absolute Gasteiger partial charge is 0.478 e. The average Bonchev–Trinajstić information content (AvgIpc) is 2.35. The van der Waals surface area contributed by atoms with E-state index >= 15 is 0 Å². The third-order valence-corrected chi connectivity index (χ3v) is 2.89. The first-order valence-corrected chi connectivity index (χ1v) is 5.66. The summed E-state index contributed by atoms with van der Waals surface area (Å²) >= 11 is 0. The molecule has 0 aliphatic heterocycles. The van der Waals surface area contributed by atoms with Gasteiger partial charge in [-0.05, 0) is 37.3 Å². The summed E-state index contributed by atoms with van der Waals surface area (Å²) in [6.07, 6.45) is 9.20. The minimum absolute atomic E-state index is 0.209. The monoisotopic (exact) mass is 230 g/mol. The number of carbonyl (C=O) groups is 1. The van der Waals surface area contributed by atoms with Gasteiger partial charge in [0.25, 0.3) is 0 Å². The Morgan fingerprint density at radius 1 is 1.53 bits per heavy atom. The van der Waals surface area contributed by atoms with Crippen LogP contribution in [0.1, 0.15) is 34.5 Å². The van der Waals surface area contributed by atoms with Gasteiger partial charge in [0.2, 0.25) is 0 Å². The van der Waals surface area contributed by atoms with Gasteiger partial charge in [-0.1, -0.05) is 5.92 Å². The summed E-state index contributed by atoms with van der Waals surface area (Å²) in [7, 11) is 0. The lowest BCUT2D eigenvalue weighted by molar-refractivity contribution is 0.0697. The Kier molecular flexibility index (Phi) is 3.29. The lowest BCUT2D eigenvalue weighted by Gasteiger charge is -2.17. The fourth-order valence-electron chi connectivity index (χ4n) is 2.07. The molecule has 4 nitrogen and oxygen atoms in total. The summed E-state index contributed by atoms with van der Waals surface area (Å²) in [5.41, 5.74) is 2.27. The number of anilines is 1. The Hall–Kier alpha value is -2.02. The van der Waals surface area contributed by atoms with Crippen LogP contribution in [-0.2, 0) is 12.8 Å². The number of hydrogen-bond acceptors (Lipinski definition) is 3. The molecule has 0 atom stereocenters. The summed E-state index contributed by atoms with van der Waals surface area (Å²) in [5.74, 6) is 1.84. The molecule has 2 N–H and O–H groups in total. The Bertz CT molecular complexity index is 489. The highest BCUT2D eigenvalue weighted by molar-refractivity contribution is 5.93. The first kappa shape index (κ1) is 11.5. The number of aromatic carboxylic acids is 1. The van der Waals surface area contributed by atoms with Gasteiger partial charge in [0.1, 0.15) is 11.4 Å². The van der Waals surface area contributed by atoms with E-state index in [0.29, 0.717) is 5.82 Å². The second kappa shape index (κ2) is 4.88. The van der Waals surface area contributed by atoms with E-state index in [-0.39, 0.29) is 12.1 Å². The lowest BCUT2D eigenvalue weighted by atomic mass is 9.95. The van der Waals surface area contributed by atoms with Crippen LogP contribution in [0.4, 0.5) is 5.82 Å². The van der Waals surface area contributed by atoms with Gasteiger partial charge in [-0.2, -0.15) is 0 Å². The maximum absolute atomic E-state index is 11.1. The van der Waals surface area contributed by atoms with Gasteiger partial charge in [-0.3, -0.25) is 0 Å². The first-order valence-electron chi connectivity index (χ1n) is 5.66. The fraction of sp³-hybridized carbons (Fsp3) is 0.385. The van der Waals surface area contributed by atoms with Gasteiger partial charge in [-0.15, -0.1) is 6.42 Å². The van der Waals surface area contributed by atoms with Crippen LogP contribution in [0.25, 0.3) is 0 Å². The van der Waals surface area contributed by atoms with Crippen molar-refractivity contribution in [2.24, 2.45) is 0 Å². The zero-order chi connectivity index (χ0) is 12.3. The van der Waals surface area contributed by atoms with Crippen molar-refractivity contribution in [2.45, 2.75) is 25.7 Å². The molecule has 0 fully saturated rings. The summed E-state index contributed by atoms with van der Waals surface area (Å²) in [4.78, 5) is 15.5. The van der Waals surface area contributed by atoms with Crippen LogP contribution in [-0.4, -0.2) is 22.6 Å². The van der Waals surface area contributed by atoms with Crippen molar-refractivity contribution >= 4 is 11.8 Å². The minimum Gasteiger partial charge on any atom is -0.478 e. The van der Waals surface area contributed by atoms with Crippen LogP contribution in [0, 0.1) is 12.3 Å². The topological polar surface area (TPSA) is 62.2 Å². The van der Waals surface area contributed by atoms with Crippen LogP contribution < -0.4 is 5.32 Å². The van der Waals surface area contributed by atoms with Crippen molar-refractivity contribution in [1.29, 1.82) is 0 Å². The predicted octanol–water partition coefficient (Wildman–Crippen LogP) is 1.70. The van der Waals surface area contributed by atoms with Gasteiger partial charge >= 0.3 is 5.97 Å². The fourth-order valence-corrected chi connectivity index (χ4v) is 2.07. The molecule has 4 heteroatoms. The third-order valence-electron chi connectivity index (χ3n) is 2.89. The van der Waals surface area contributed by atoms with Gasteiger partial charge < -0.3 is 10.4 Å². The summed E-state index contributed by atoms with van der Waals surface area (Å²) in [6.45, 7) is 0.284. The molecule has 0 radical (unpaired) electrons. The number of aromatic nitrogens is 1. The number of carboxylic acid groups (broad SMARTS) is 1. The molecule has 1 aliphatic carbocycles. The van der Waals surface area contributed by atoms with E-state index in [9.17, 15) is 4.79 Å². The third kappa shape index (κ3) is 2.39. The molecule has 1 heterocycles. The van der Waals surface area contributed by atoms with Crippen LogP contribution in [0.2, 0.25) is 0 Å². The normalized spacial score (nSPS) is 13.6.